The van der Waals surface area contributed by atoms with E-state index in [1.807, 2.05) is 30.3 Å². The van der Waals surface area contributed by atoms with Crippen molar-refractivity contribution >= 4 is 0 Å². The Balaban J connectivity index is 1.77. The second-order valence-corrected chi connectivity index (χ2v) is 5.02. The summed E-state index contributed by atoms with van der Waals surface area (Å²) in [7, 11) is 4.75. The molecule has 1 aromatic heterocycles. The second kappa shape index (κ2) is 7.57. The fourth-order valence-electron chi connectivity index (χ4n) is 2.28. The molecule has 0 atom stereocenters. The highest BCUT2D eigenvalue weighted by molar-refractivity contribution is 5.65. The van der Waals surface area contributed by atoms with Gasteiger partial charge >= 0.3 is 0 Å². The van der Waals surface area contributed by atoms with Gasteiger partial charge in [0.05, 0.1) is 26.9 Å². The summed E-state index contributed by atoms with van der Waals surface area (Å²) in [4.78, 5) is 4.35. The molecule has 0 aliphatic carbocycles. The average molecular weight is 342 g/mol. The molecule has 1 heterocycles. The molecule has 2 aromatic carbocycles. The molecular formula is C18H18N2O5. The molecule has 7 nitrogen and oxygen atoms in total. The number of rotatable bonds is 7. The zero-order valence-corrected chi connectivity index (χ0v) is 14.2. The van der Waals surface area contributed by atoms with Crippen LogP contribution in [0.25, 0.3) is 11.4 Å². The third-order valence-corrected chi connectivity index (χ3v) is 3.54. The number of ether oxygens (including phenoxy) is 4. The Hall–Kier alpha value is -3.22. The minimum Gasteiger partial charge on any atom is -0.497 e. The molecule has 25 heavy (non-hydrogen) atoms. The smallest absolute Gasteiger partial charge is 0.264 e. The van der Waals surface area contributed by atoms with Gasteiger partial charge in [-0.25, -0.2) is 0 Å². The van der Waals surface area contributed by atoms with Crippen LogP contribution in [0.15, 0.2) is 47.0 Å². The molecule has 0 saturated carbocycles. The van der Waals surface area contributed by atoms with Crippen molar-refractivity contribution in [2.24, 2.45) is 0 Å². The van der Waals surface area contributed by atoms with Gasteiger partial charge in [0.1, 0.15) is 11.5 Å². The molecule has 130 valence electrons. The van der Waals surface area contributed by atoms with Gasteiger partial charge in [0.2, 0.25) is 5.82 Å². The van der Waals surface area contributed by atoms with Gasteiger partial charge < -0.3 is 23.5 Å². The van der Waals surface area contributed by atoms with E-state index < -0.39 is 0 Å². The van der Waals surface area contributed by atoms with Crippen LogP contribution in [0.5, 0.6) is 23.0 Å². The van der Waals surface area contributed by atoms with E-state index >= 15 is 0 Å². The van der Waals surface area contributed by atoms with Crippen molar-refractivity contribution in [2.75, 3.05) is 21.3 Å². The van der Waals surface area contributed by atoms with Crippen LogP contribution in [-0.2, 0) is 6.61 Å². The van der Waals surface area contributed by atoms with Crippen LogP contribution >= 0.6 is 0 Å². The van der Waals surface area contributed by atoms with E-state index in [1.165, 1.54) is 0 Å². The van der Waals surface area contributed by atoms with Crippen LogP contribution in [0.2, 0.25) is 0 Å². The van der Waals surface area contributed by atoms with Crippen molar-refractivity contribution in [1.29, 1.82) is 0 Å². The number of methoxy groups -OCH3 is 3. The maximum absolute atomic E-state index is 5.68. The Kier molecular flexibility index (Phi) is 5.03. The highest BCUT2D eigenvalue weighted by atomic mass is 16.5. The number of hydrogen-bond donors (Lipinski definition) is 0. The van der Waals surface area contributed by atoms with Gasteiger partial charge in [-0.3, -0.25) is 0 Å². The first-order valence-electron chi connectivity index (χ1n) is 7.56. The van der Waals surface area contributed by atoms with E-state index in [2.05, 4.69) is 10.1 Å². The molecule has 3 aromatic rings. The molecular weight excluding hydrogens is 324 g/mol. The molecule has 0 fully saturated rings. The van der Waals surface area contributed by atoms with Gasteiger partial charge in [0.25, 0.3) is 5.89 Å². The third-order valence-electron chi connectivity index (χ3n) is 3.54. The topological polar surface area (TPSA) is 75.8 Å². The van der Waals surface area contributed by atoms with Crippen molar-refractivity contribution < 1.29 is 23.5 Å². The molecule has 3 rings (SSSR count). The first-order chi connectivity index (χ1) is 12.2. The molecule has 0 spiro atoms. The Bertz CT molecular complexity index is 847. The highest BCUT2D eigenvalue weighted by Crippen LogP contribution is 2.32. The van der Waals surface area contributed by atoms with Gasteiger partial charge in [0, 0.05) is 6.07 Å². The Morgan fingerprint density at radius 2 is 1.64 bits per heavy atom. The van der Waals surface area contributed by atoms with Crippen LogP contribution in [0.1, 0.15) is 5.89 Å². The summed E-state index contributed by atoms with van der Waals surface area (Å²) in [6.07, 6.45) is 0. The monoisotopic (exact) mass is 342 g/mol. The minimum absolute atomic E-state index is 0.131. The molecule has 0 radical (unpaired) electrons. The van der Waals surface area contributed by atoms with Crippen LogP contribution in [0, 0.1) is 0 Å². The third kappa shape index (κ3) is 3.65. The lowest BCUT2D eigenvalue weighted by Crippen LogP contribution is -1.98. The molecule has 0 amide bonds. The molecule has 0 aliphatic heterocycles. The molecule has 0 unspecified atom stereocenters. The normalized spacial score (nSPS) is 10.4. The van der Waals surface area contributed by atoms with Gasteiger partial charge in [0.15, 0.2) is 18.1 Å². The number of benzene rings is 2. The van der Waals surface area contributed by atoms with E-state index in [9.17, 15) is 0 Å². The molecule has 0 N–H and O–H groups in total. The summed E-state index contributed by atoms with van der Waals surface area (Å²) in [5.41, 5.74) is 0.704. The predicted octanol–water partition coefficient (Wildman–Crippen LogP) is 3.34. The van der Waals surface area contributed by atoms with Crippen molar-refractivity contribution in [3.63, 3.8) is 0 Å². The van der Waals surface area contributed by atoms with Gasteiger partial charge in [-0.2, -0.15) is 4.98 Å². The lowest BCUT2D eigenvalue weighted by atomic mass is 10.2. The fraction of sp³-hybridized carbons (Fsp3) is 0.222. The number of nitrogens with zero attached hydrogens (tertiary/aromatic N) is 2. The molecule has 7 heteroatoms. The lowest BCUT2D eigenvalue weighted by Gasteiger charge is -2.08. The zero-order valence-electron chi connectivity index (χ0n) is 14.2. The summed E-state index contributed by atoms with van der Waals surface area (Å²) in [6.45, 7) is 0.131. The molecule has 0 saturated heterocycles. The fourth-order valence-corrected chi connectivity index (χ4v) is 2.28. The number of aromatic nitrogens is 2. The maximum atomic E-state index is 5.68. The number of hydrogen-bond acceptors (Lipinski definition) is 7. The Morgan fingerprint density at radius 1 is 0.880 bits per heavy atom. The summed E-state index contributed by atoms with van der Waals surface area (Å²) in [6, 6.07) is 12.7. The quantitative estimate of drug-likeness (QED) is 0.652. The number of para-hydroxylation sites is 2. The first-order valence-corrected chi connectivity index (χ1v) is 7.56. The summed E-state index contributed by atoms with van der Waals surface area (Å²) in [5, 5.41) is 3.99. The van der Waals surface area contributed by atoms with Gasteiger partial charge in [-0.15, -0.1) is 0 Å². The van der Waals surface area contributed by atoms with Crippen molar-refractivity contribution in [3.8, 4) is 34.4 Å². The first kappa shape index (κ1) is 16.6. The summed E-state index contributed by atoms with van der Waals surface area (Å²) < 4.78 is 26.7. The van der Waals surface area contributed by atoms with E-state index in [4.69, 9.17) is 23.5 Å². The van der Waals surface area contributed by atoms with Gasteiger partial charge in [-0.1, -0.05) is 17.3 Å². The SMILES string of the molecule is COc1ccc(-c2noc(COc3ccccc3OC)n2)c(OC)c1. The highest BCUT2D eigenvalue weighted by Gasteiger charge is 2.15. The molecule has 0 aliphatic rings. The Labute approximate surface area is 145 Å². The van der Waals surface area contributed by atoms with E-state index in [0.29, 0.717) is 40.3 Å². The Morgan fingerprint density at radius 3 is 2.36 bits per heavy atom. The maximum Gasteiger partial charge on any atom is 0.264 e. The summed E-state index contributed by atoms with van der Waals surface area (Å²) >= 11 is 0. The largest absolute Gasteiger partial charge is 0.497 e. The predicted molar refractivity (Wildman–Crippen MR) is 90.2 cm³/mol. The van der Waals surface area contributed by atoms with Crippen LogP contribution in [-0.4, -0.2) is 31.5 Å². The van der Waals surface area contributed by atoms with Crippen molar-refractivity contribution in [1.82, 2.24) is 10.1 Å². The molecule has 0 bridgehead atoms. The van der Waals surface area contributed by atoms with Crippen LogP contribution < -0.4 is 18.9 Å². The van der Waals surface area contributed by atoms with Crippen molar-refractivity contribution in [2.45, 2.75) is 6.61 Å². The summed E-state index contributed by atoms with van der Waals surface area (Å²) in [5.74, 6) is 3.28. The minimum atomic E-state index is 0.131. The van der Waals surface area contributed by atoms with Crippen LogP contribution in [0.3, 0.4) is 0 Å². The van der Waals surface area contributed by atoms with Gasteiger partial charge in [-0.05, 0) is 24.3 Å². The second-order valence-electron chi connectivity index (χ2n) is 5.02. The van der Waals surface area contributed by atoms with E-state index in [1.54, 1.807) is 33.5 Å². The van der Waals surface area contributed by atoms with E-state index in [-0.39, 0.29) is 6.61 Å². The lowest BCUT2D eigenvalue weighted by molar-refractivity contribution is 0.233. The average Bonchev–Trinajstić information content (AvgIpc) is 3.14. The van der Waals surface area contributed by atoms with Crippen LogP contribution in [0.4, 0.5) is 0 Å². The van der Waals surface area contributed by atoms with Crippen molar-refractivity contribution in [3.05, 3.63) is 48.4 Å². The standard InChI is InChI=1S/C18H18N2O5/c1-21-12-8-9-13(16(10-12)23-3)18-19-17(25-20-18)11-24-15-7-5-4-6-14(15)22-2/h4-10H,11H2,1-3H3. The zero-order chi connectivity index (χ0) is 17.6. The van der Waals surface area contributed by atoms with E-state index in [0.717, 1.165) is 0 Å².